The molecule has 33 heavy (non-hydrogen) atoms. The number of thiocarbonyl (C=S) groups is 1. The molecule has 0 radical (unpaired) electrons. The van der Waals surface area contributed by atoms with Gasteiger partial charge in [-0.1, -0.05) is 0 Å². The smallest absolute Gasteiger partial charge is 0.305 e. The fourth-order valence-electron chi connectivity index (χ4n) is 3.23. The van der Waals surface area contributed by atoms with Crippen LogP contribution in [0.4, 0.5) is 5.69 Å². The van der Waals surface area contributed by atoms with E-state index in [1.54, 1.807) is 31.2 Å². The molecule has 9 nitrogen and oxygen atoms in total. The molecular formula is C23H32N2O7S. The number of anilines is 1. The number of ether oxygens (including phenoxy) is 3. The Labute approximate surface area is 199 Å². The third-order valence-corrected chi connectivity index (χ3v) is 5.25. The van der Waals surface area contributed by atoms with Crippen LogP contribution < -0.4 is 15.4 Å². The van der Waals surface area contributed by atoms with Crippen molar-refractivity contribution >= 4 is 29.0 Å². The molecule has 5 atom stereocenters. The Kier molecular flexibility index (Phi) is 11.4. The summed E-state index contributed by atoms with van der Waals surface area (Å²) in [5.41, 5.74) is 0.733. The van der Waals surface area contributed by atoms with Gasteiger partial charge in [-0.15, -0.1) is 12.3 Å². The highest BCUT2D eigenvalue weighted by molar-refractivity contribution is 7.80. The van der Waals surface area contributed by atoms with Gasteiger partial charge in [0.15, 0.2) is 5.11 Å². The van der Waals surface area contributed by atoms with Crippen molar-refractivity contribution in [2.24, 2.45) is 0 Å². The minimum atomic E-state index is -1.49. The Morgan fingerprint density at radius 2 is 1.91 bits per heavy atom. The predicted octanol–water partition coefficient (Wildman–Crippen LogP) is 1.31. The number of aliphatic hydroxyl groups is 3. The van der Waals surface area contributed by atoms with Crippen LogP contribution in [0.3, 0.4) is 0 Å². The maximum absolute atomic E-state index is 11.6. The third-order valence-electron chi connectivity index (χ3n) is 5.00. The lowest BCUT2D eigenvalue weighted by molar-refractivity contribution is -0.273. The van der Waals surface area contributed by atoms with E-state index in [0.29, 0.717) is 10.9 Å². The molecule has 0 bridgehead atoms. The summed E-state index contributed by atoms with van der Waals surface area (Å²) in [6.07, 6.45) is 1.50. The van der Waals surface area contributed by atoms with Gasteiger partial charge in [-0.2, -0.15) is 0 Å². The molecule has 1 aliphatic rings. The molecule has 0 unspecified atom stereocenters. The normalized spacial score (nSPS) is 24.4. The zero-order valence-corrected chi connectivity index (χ0v) is 19.4. The molecule has 2 rings (SSSR count). The van der Waals surface area contributed by atoms with Gasteiger partial charge in [-0.05, 0) is 62.7 Å². The van der Waals surface area contributed by atoms with Crippen molar-refractivity contribution in [3.63, 3.8) is 0 Å². The molecule has 1 heterocycles. The lowest BCUT2D eigenvalue weighted by Crippen LogP contribution is -2.59. The number of unbranched alkanes of at least 4 members (excludes halogenated alkanes) is 2. The van der Waals surface area contributed by atoms with Gasteiger partial charge in [-0.25, -0.2) is 0 Å². The minimum absolute atomic E-state index is 0.00330. The second-order valence-electron chi connectivity index (χ2n) is 7.54. The van der Waals surface area contributed by atoms with Crippen LogP contribution >= 0.6 is 12.2 Å². The number of benzene rings is 1. The first kappa shape index (κ1) is 26.8. The second-order valence-corrected chi connectivity index (χ2v) is 7.95. The summed E-state index contributed by atoms with van der Waals surface area (Å²) >= 11 is 5.26. The number of carbonyl (C=O) groups is 1. The SMILES string of the molecule is C#CCCCCNC(=S)Nc1ccc(O[C@H]2O[C@H](CCC(=O)OCC)[C@@H](O)[C@H](O)[C@@H]2O)cc1. The van der Waals surface area contributed by atoms with Gasteiger partial charge in [0, 0.05) is 25.1 Å². The Hall–Kier alpha value is -2.42. The van der Waals surface area contributed by atoms with Crippen LogP contribution in [0.5, 0.6) is 5.75 Å². The van der Waals surface area contributed by atoms with Crippen LogP contribution in [-0.4, -0.2) is 70.3 Å². The molecule has 1 fully saturated rings. The van der Waals surface area contributed by atoms with Crippen molar-refractivity contribution in [2.45, 2.75) is 69.7 Å². The van der Waals surface area contributed by atoms with Crippen molar-refractivity contribution in [3.05, 3.63) is 24.3 Å². The highest BCUT2D eigenvalue weighted by Gasteiger charge is 2.44. The van der Waals surface area contributed by atoms with E-state index < -0.39 is 36.7 Å². The average Bonchev–Trinajstić information content (AvgIpc) is 2.80. The zero-order chi connectivity index (χ0) is 24.2. The second kappa shape index (κ2) is 14.0. The molecule has 1 aromatic carbocycles. The lowest BCUT2D eigenvalue weighted by Gasteiger charge is -2.40. The van der Waals surface area contributed by atoms with Gasteiger partial charge in [0.25, 0.3) is 0 Å². The fourth-order valence-corrected chi connectivity index (χ4v) is 3.45. The summed E-state index contributed by atoms with van der Waals surface area (Å²) in [6, 6.07) is 6.78. The predicted molar refractivity (Wildman–Crippen MR) is 127 cm³/mol. The van der Waals surface area contributed by atoms with E-state index in [9.17, 15) is 20.1 Å². The van der Waals surface area contributed by atoms with Gasteiger partial charge < -0.3 is 40.2 Å². The van der Waals surface area contributed by atoms with E-state index in [4.69, 9.17) is 32.9 Å². The van der Waals surface area contributed by atoms with E-state index in [0.717, 1.165) is 31.5 Å². The van der Waals surface area contributed by atoms with Gasteiger partial charge in [0.1, 0.15) is 24.1 Å². The maximum atomic E-state index is 11.6. The zero-order valence-electron chi connectivity index (χ0n) is 18.6. The van der Waals surface area contributed by atoms with Crippen LogP contribution in [0.15, 0.2) is 24.3 Å². The van der Waals surface area contributed by atoms with Gasteiger partial charge >= 0.3 is 5.97 Å². The van der Waals surface area contributed by atoms with Gasteiger partial charge in [-0.3, -0.25) is 4.79 Å². The number of rotatable bonds is 11. The van der Waals surface area contributed by atoms with Crippen molar-refractivity contribution in [2.75, 3.05) is 18.5 Å². The number of hydrogen-bond donors (Lipinski definition) is 5. The maximum Gasteiger partial charge on any atom is 0.305 e. The van der Waals surface area contributed by atoms with Crippen molar-refractivity contribution in [1.29, 1.82) is 0 Å². The first-order valence-electron chi connectivity index (χ1n) is 11.0. The number of aliphatic hydroxyl groups excluding tert-OH is 3. The Balaban J connectivity index is 1.87. The molecule has 0 aliphatic carbocycles. The van der Waals surface area contributed by atoms with Gasteiger partial charge in [0.05, 0.1) is 12.7 Å². The molecule has 0 saturated carbocycles. The monoisotopic (exact) mass is 480 g/mol. The van der Waals surface area contributed by atoms with Crippen LogP contribution in [0.2, 0.25) is 0 Å². The highest BCUT2D eigenvalue weighted by Crippen LogP contribution is 2.27. The molecule has 1 saturated heterocycles. The molecule has 1 aliphatic heterocycles. The number of nitrogens with one attached hydrogen (secondary N) is 2. The highest BCUT2D eigenvalue weighted by atomic mass is 32.1. The molecule has 5 N–H and O–H groups in total. The van der Waals surface area contributed by atoms with E-state index in [2.05, 4.69) is 16.6 Å². The summed E-state index contributed by atoms with van der Waals surface area (Å²) in [6.45, 7) is 2.66. The van der Waals surface area contributed by atoms with E-state index >= 15 is 0 Å². The molecule has 0 spiro atoms. The number of carbonyl (C=O) groups excluding carboxylic acids is 1. The van der Waals surface area contributed by atoms with Crippen LogP contribution in [0.25, 0.3) is 0 Å². The van der Waals surface area contributed by atoms with Crippen LogP contribution in [0, 0.1) is 12.3 Å². The molecule has 1 aromatic rings. The largest absolute Gasteiger partial charge is 0.466 e. The quantitative estimate of drug-likeness (QED) is 0.137. The van der Waals surface area contributed by atoms with E-state index in [-0.39, 0.29) is 19.4 Å². The van der Waals surface area contributed by atoms with E-state index in [1.807, 2.05) is 0 Å². The first-order valence-corrected chi connectivity index (χ1v) is 11.4. The standard InChI is InChI=1S/C23H32N2O7S/c1-3-5-6-7-14-24-23(33)25-15-8-10-16(11-9-15)31-22-21(29)20(28)19(27)17(32-22)12-13-18(26)30-4-2/h1,8-11,17,19-22,27-29H,4-7,12-14H2,2H3,(H2,24,25,33)/t17-,19-,20+,21+,22+/m1/s1. The summed E-state index contributed by atoms with van der Waals surface area (Å²) < 4.78 is 16.2. The average molecular weight is 481 g/mol. The fraction of sp³-hybridized carbons (Fsp3) is 0.565. The van der Waals surface area contributed by atoms with Gasteiger partial charge in [0.2, 0.25) is 6.29 Å². The minimum Gasteiger partial charge on any atom is -0.466 e. The topological polar surface area (TPSA) is 130 Å². The lowest BCUT2D eigenvalue weighted by atomic mass is 9.96. The number of terminal acetylenes is 1. The summed E-state index contributed by atoms with van der Waals surface area (Å²) in [4.78, 5) is 11.6. The van der Waals surface area contributed by atoms with Crippen LogP contribution in [-0.2, 0) is 14.3 Å². The molecule has 182 valence electrons. The Morgan fingerprint density at radius 1 is 1.18 bits per heavy atom. The first-order chi connectivity index (χ1) is 15.8. The third kappa shape index (κ3) is 8.79. The van der Waals surface area contributed by atoms with Crippen molar-refractivity contribution < 1.29 is 34.3 Å². The number of hydrogen-bond acceptors (Lipinski definition) is 8. The molecular weight excluding hydrogens is 448 g/mol. The van der Waals surface area contributed by atoms with Crippen molar-refractivity contribution in [3.8, 4) is 18.1 Å². The molecule has 0 aromatic heterocycles. The van der Waals surface area contributed by atoms with E-state index in [1.165, 1.54) is 0 Å². The van der Waals surface area contributed by atoms with Crippen LogP contribution in [0.1, 0.15) is 39.0 Å². The number of esters is 1. The summed E-state index contributed by atoms with van der Waals surface area (Å²) in [5, 5.41) is 37.3. The summed E-state index contributed by atoms with van der Waals surface area (Å²) in [5.74, 6) is 2.54. The Morgan fingerprint density at radius 3 is 2.58 bits per heavy atom. The molecule has 10 heteroatoms. The van der Waals surface area contributed by atoms with Crippen molar-refractivity contribution in [1.82, 2.24) is 5.32 Å². The summed E-state index contributed by atoms with van der Waals surface area (Å²) in [7, 11) is 0. The molecule has 0 amide bonds. The Bertz CT molecular complexity index is 799.